The molecule has 0 heterocycles. The molecule has 0 saturated heterocycles. The second-order valence-electron chi connectivity index (χ2n) is 3.79. The van der Waals surface area contributed by atoms with E-state index >= 15 is 0 Å². The Morgan fingerprint density at radius 3 is 2.69 bits per heavy atom. The summed E-state index contributed by atoms with van der Waals surface area (Å²) in [5.74, 6) is 0.707. The summed E-state index contributed by atoms with van der Waals surface area (Å²) < 4.78 is 5.11. The molecule has 0 aliphatic rings. The Balaban J connectivity index is 2.94. The van der Waals surface area contributed by atoms with Gasteiger partial charge in [-0.15, -0.1) is 0 Å². The van der Waals surface area contributed by atoms with Crippen LogP contribution in [0.2, 0.25) is 5.02 Å². The molecule has 0 saturated carbocycles. The number of hydrogen-bond acceptors (Lipinski definition) is 2. The number of hydrogen-bond donors (Lipinski definition) is 1. The van der Waals surface area contributed by atoms with E-state index in [1.807, 2.05) is 25.2 Å². The van der Waals surface area contributed by atoms with Gasteiger partial charge < -0.3 is 10.1 Å². The second kappa shape index (κ2) is 5.92. The molecule has 0 amide bonds. The number of likely N-dealkylation sites (N-methyl/N-ethyl adjacent to an activating group) is 1. The van der Waals surface area contributed by atoms with E-state index in [2.05, 4.69) is 25.2 Å². The maximum atomic E-state index is 6.06. The number of halogens is 1. The van der Waals surface area contributed by atoms with Crippen molar-refractivity contribution in [3.8, 4) is 5.75 Å². The van der Waals surface area contributed by atoms with Crippen molar-refractivity contribution in [3.05, 3.63) is 34.4 Å². The number of benzene rings is 1. The smallest absolute Gasteiger partial charge is 0.137 e. The van der Waals surface area contributed by atoms with Gasteiger partial charge in [-0.05, 0) is 38.6 Å². The molecular formula is C13H18ClNO. The minimum atomic E-state index is 0.362. The molecule has 1 unspecified atom stereocenters. The van der Waals surface area contributed by atoms with Crippen LogP contribution in [-0.4, -0.2) is 20.2 Å². The summed E-state index contributed by atoms with van der Waals surface area (Å²) in [6, 6.07) is 6.15. The minimum Gasteiger partial charge on any atom is -0.495 e. The molecule has 88 valence electrons. The molecule has 0 aromatic heterocycles. The molecule has 1 aromatic rings. The lowest BCUT2D eigenvalue weighted by Crippen LogP contribution is -2.21. The van der Waals surface area contributed by atoms with Crippen LogP contribution in [0.15, 0.2) is 23.8 Å². The van der Waals surface area contributed by atoms with Gasteiger partial charge in [0.15, 0.2) is 0 Å². The van der Waals surface area contributed by atoms with E-state index in [9.17, 15) is 0 Å². The van der Waals surface area contributed by atoms with E-state index in [0.717, 1.165) is 5.56 Å². The monoisotopic (exact) mass is 239 g/mol. The van der Waals surface area contributed by atoms with E-state index in [0.29, 0.717) is 16.8 Å². The van der Waals surface area contributed by atoms with E-state index in [1.165, 1.54) is 5.57 Å². The maximum absolute atomic E-state index is 6.06. The first-order chi connectivity index (χ1) is 7.58. The van der Waals surface area contributed by atoms with Crippen molar-refractivity contribution < 1.29 is 4.74 Å². The molecular weight excluding hydrogens is 222 g/mol. The molecule has 0 aliphatic carbocycles. The predicted molar refractivity (Wildman–Crippen MR) is 70.2 cm³/mol. The van der Waals surface area contributed by atoms with Gasteiger partial charge in [0.1, 0.15) is 5.75 Å². The number of rotatable bonds is 4. The number of nitrogens with one attached hydrogen (secondary N) is 1. The van der Waals surface area contributed by atoms with Crippen molar-refractivity contribution in [2.75, 3.05) is 14.2 Å². The molecule has 3 heteroatoms. The lowest BCUT2D eigenvalue weighted by molar-refractivity contribution is 0.415. The summed E-state index contributed by atoms with van der Waals surface area (Å²) in [5.41, 5.74) is 2.36. The molecule has 0 aliphatic heterocycles. The average Bonchev–Trinajstić information content (AvgIpc) is 2.28. The van der Waals surface area contributed by atoms with Gasteiger partial charge in [0.05, 0.1) is 12.1 Å². The fourth-order valence-corrected chi connectivity index (χ4v) is 1.65. The number of methoxy groups -OCH3 is 1. The Labute approximate surface area is 102 Å². The highest BCUT2D eigenvalue weighted by molar-refractivity contribution is 6.32. The Kier molecular flexibility index (Phi) is 4.84. The fraction of sp³-hybridized carbons (Fsp3) is 0.385. The second-order valence-corrected chi connectivity index (χ2v) is 4.20. The van der Waals surface area contributed by atoms with Crippen LogP contribution in [0.25, 0.3) is 6.08 Å². The van der Waals surface area contributed by atoms with E-state index in [1.54, 1.807) is 7.11 Å². The molecule has 1 atom stereocenters. The first kappa shape index (κ1) is 13.1. The third kappa shape index (κ3) is 3.26. The highest BCUT2D eigenvalue weighted by Gasteiger charge is 2.03. The molecule has 2 nitrogen and oxygen atoms in total. The molecule has 0 fully saturated rings. The Hall–Kier alpha value is -0.990. The highest BCUT2D eigenvalue weighted by atomic mass is 35.5. The Morgan fingerprint density at radius 1 is 1.50 bits per heavy atom. The third-order valence-corrected chi connectivity index (χ3v) is 2.98. The zero-order chi connectivity index (χ0) is 12.1. The van der Waals surface area contributed by atoms with Gasteiger partial charge in [0, 0.05) is 6.04 Å². The normalized spacial score (nSPS) is 13.7. The molecule has 0 spiro atoms. The molecule has 1 N–H and O–H groups in total. The molecule has 16 heavy (non-hydrogen) atoms. The van der Waals surface area contributed by atoms with Crippen LogP contribution in [0.3, 0.4) is 0 Å². The van der Waals surface area contributed by atoms with E-state index < -0.39 is 0 Å². The molecule has 1 rings (SSSR count). The quantitative estimate of drug-likeness (QED) is 0.870. The summed E-state index contributed by atoms with van der Waals surface area (Å²) in [5, 5.41) is 3.84. The van der Waals surface area contributed by atoms with E-state index in [4.69, 9.17) is 16.3 Å². The lowest BCUT2D eigenvalue weighted by atomic mass is 10.1. The third-order valence-electron chi connectivity index (χ3n) is 2.69. The summed E-state index contributed by atoms with van der Waals surface area (Å²) in [7, 11) is 3.56. The first-order valence-electron chi connectivity index (χ1n) is 5.27. The SMILES string of the molecule is CNC(C)/C(C)=C/c1ccc(OC)c(Cl)c1. The van der Waals surface area contributed by atoms with Crippen LogP contribution >= 0.6 is 11.6 Å². The van der Waals surface area contributed by atoms with Gasteiger partial charge in [0.25, 0.3) is 0 Å². The van der Waals surface area contributed by atoms with Crippen LogP contribution in [-0.2, 0) is 0 Å². The van der Waals surface area contributed by atoms with Crippen LogP contribution in [0, 0.1) is 0 Å². The number of ether oxygens (including phenoxy) is 1. The minimum absolute atomic E-state index is 0.362. The Bertz CT molecular complexity index is 388. The van der Waals surface area contributed by atoms with Crippen LogP contribution < -0.4 is 10.1 Å². The molecule has 1 aromatic carbocycles. The Morgan fingerprint density at radius 2 is 2.19 bits per heavy atom. The topological polar surface area (TPSA) is 21.3 Å². The lowest BCUT2D eigenvalue weighted by Gasteiger charge is -2.11. The standard InChI is InChI=1S/C13H18ClNO/c1-9(10(2)15-3)7-11-5-6-13(16-4)12(14)8-11/h5-8,10,15H,1-4H3/b9-7+. The van der Waals surface area contributed by atoms with Gasteiger partial charge in [-0.1, -0.05) is 29.3 Å². The zero-order valence-corrected chi connectivity index (χ0v) is 10.9. The molecule has 0 bridgehead atoms. The average molecular weight is 240 g/mol. The van der Waals surface area contributed by atoms with Crippen LogP contribution in [0.5, 0.6) is 5.75 Å². The molecule has 0 radical (unpaired) electrons. The van der Waals surface area contributed by atoms with Crippen molar-refractivity contribution in [1.29, 1.82) is 0 Å². The van der Waals surface area contributed by atoms with Crippen LogP contribution in [0.1, 0.15) is 19.4 Å². The fourth-order valence-electron chi connectivity index (χ4n) is 1.39. The van der Waals surface area contributed by atoms with Crippen molar-refractivity contribution >= 4 is 17.7 Å². The first-order valence-corrected chi connectivity index (χ1v) is 5.65. The largest absolute Gasteiger partial charge is 0.495 e. The van der Waals surface area contributed by atoms with Gasteiger partial charge >= 0.3 is 0 Å². The van der Waals surface area contributed by atoms with Crippen LogP contribution in [0.4, 0.5) is 0 Å². The van der Waals surface area contributed by atoms with Gasteiger partial charge in [-0.3, -0.25) is 0 Å². The van der Waals surface area contributed by atoms with Gasteiger partial charge in [-0.2, -0.15) is 0 Å². The van der Waals surface area contributed by atoms with E-state index in [-0.39, 0.29) is 0 Å². The maximum Gasteiger partial charge on any atom is 0.137 e. The van der Waals surface area contributed by atoms with Crippen molar-refractivity contribution in [2.45, 2.75) is 19.9 Å². The van der Waals surface area contributed by atoms with Crippen molar-refractivity contribution in [1.82, 2.24) is 5.32 Å². The highest BCUT2D eigenvalue weighted by Crippen LogP contribution is 2.26. The van der Waals surface area contributed by atoms with Crippen molar-refractivity contribution in [3.63, 3.8) is 0 Å². The summed E-state index contributed by atoms with van der Waals surface area (Å²) in [4.78, 5) is 0. The summed E-state index contributed by atoms with van der Waals surface area (Å²) in [6.07, 6.45) is 2.12. The van der Waals surface area contributed by atoms with Crippen molar-refractivity contribution in [2.24, 2.45) is 0 Å². The summed E-state index contributed by atoms with van der Waals surface area (Å²) >= 11 is 6.06. The predicted octanol–water partition coefficient (Wildman–Crippen LogP) is 3.36. The van der Waals surface area contributed by atoms with Gasteiger partial charge in [0.2, 0.25) is 0 Å². The zero-order valence-electron chi connectivity index (χ0n) is 10.2. The van der Waals surface area contributed by atoms with Gasteiger partial charge in [-0.25, -0.2) is 0 Å². The summed E-state index contributed by atoms with van der Waals surface area (Å²) in [6.45, 7) is 4.22.